The highest BCUT2D eigenvalue weighted by atomic mass is 35.5. The van der Waals surface area contributed by atoms with Crippen LogP contribution in [0.2, 0.25) is 5.02 Å². The van der Waals surface area contributed by atoms with Gasteiger partial charge in [0.25, 0.3) is 0 Å². The third-order valence-electron chi connectivity index (χ3n) is 2.55. The van der Waals surface area contributed by atoms with Crippen molar-refractivity contribution in [3.63, 3.8) is 0 Å². The molecule has 0 saturated heterocycles. The van der Waals surface area contributed by atoms with Crippen molar-refractivity contribution >= 4 is 17.3 Å². The zero-order chi connectivity index (χ0) is 13.1. The Kier molecular flexibility index (Phi) is 3.58. The van der Waals surface area contributed by atoms with Crippen LogP contribution in [0, 0.1) is 0 Å². The molecule has 18 heavy (non-hydrogen) atoms. The number of rotatable bonds is 3. The molecule has 0 aliphatic carbocycles. The van der Waals surface area contributed by atoms with Crippen molar-refractivity contribution in [2.75, 3.05) is 20.0 Å². The molecule has 1 aromatic heterocycles. The fourth-order valence-electron chi connectivity index (χ4n) is 1.66. The lowest BCUT2D eigenvalue weighted by Gasteiger charge is -2.12. The molecule has 0 aliphatic heterocycles. The second-order valence-corrected chi connectivity index (χ2v) is 4.02. The predicted octanol–water partition coefficient (Wildman–Crippen LogP) is 3.00. The lowest BCUT2D eigenvalue weighted by atomic mass is 10.1. The minimum absolute atomic E-state index is 0.427. The Balaban J connectivity index is 2.57. The summed E-state index contributed by atoms with van der Waals surface area (Å²) in [6.45, 7) is 0. The van der Waals surface area contributed by atoms with Crippen LogP contribution in [0.25, 0.3) is 11.3 Å². The minimum Gasteiger partial charge on any atom is -0.495 e. The highest BCUT2D eigenvalue weighted by Crippen LogP contribution is 2.41. The molecule has 2 rings (SSSR count). The number of hydrogen-bond donors (Lipinski definition) is 1. The summed E-state index contributed by atoms with van der Waals surface area (Å²) in [5.74, 6) is 1.10. The van der Waals surface area contributed by atoms with E-state index in [0.29, 0.717) is 22.2 Å². The van der Waals surface area contributed by atoms with Crippen LogP contribution >= 0.6 is 11.6 Å². The van der Waals surface area contributed by atoms with E-state index in [2.05, 4.69) is 4.98 Å². The summed E-state index contributed by atoms with van der Waals surface area (Å²) in [6, 6.07) is 7.22. The van der Waals surface area contributed by atoms with E-state index in [1.807, 2.05) is 12.1 Å². The molecule has 4 nitrogen and oxygen atoms in total. The monoisotopic (exact) mass is 264 g/mol. The van der Waals surface area contributed by atoms with Crippen molar-refractivity contribution in [3.8, 4) is 22.8 Å². The van der Waals surface area contributed by atoms with Crippen molar-refractivity contribution in [1.82, 2.24) is 4.98 Å². The predicted molar refractivity (Wildman–Crippen MR) is 72.2 cm³/mol. The molecule has 0 atom stereocenters. The highest BCUT2D eigenvalue weighted by molar-refractivity contribution is 6.34. The second-order valence-electron chi connectivity index (χ2n) is 3.64. The molecule has 1 heterocycles. The Morgan fingerprint density at radius 3 is 2.44 bits per heavy atom. The first-order chi connectivity index (χ1) is 8.67. The van der Waals surface area contributed by atoms with Gasteiger partial charge in [-0.15, -0.1) is 0 Å². The summed E-state index contributed by atoms with van der Waals surface area (Å²) in [5, 5.41) is 0.427. The molecular weight excluding hydrogens is 252 g/mol. The second kappa shape index (κ2) is 5.14. The maximum atomic E-state index is 6.19. The van der Waals surface area contributed by atoms with Gasteiger partial charge in [0.15, 0.2) is 5.75 Å². The molecule has 2 aromatic rings. The van der Waals surface area contributed by atoms with Gasteiger partial charge in [0, 0.05) is 5.56 Å². The van der Waals surface area contributed by atoms with E-state index in [0.717, 1.165) is 11.3 Å². The maximum absolute atomic E-state index is 6.19. The Hall–Kier alpha value is -1.94. The number of benzene rings is 1. The highest BCUT2D eigenvalue weighted by Gasteiger charge is 2.15. The smallest absolute Gasteiger partial charge is 0.150 e. The lowest BCUT2D eigenvalue weighted by molar-refractivity contribution is 0.396. The summed E-state index contributed by atoms with van der Waals surface area (Å²) in [5.41, 5.74) is 7.76. The van der Waals surface area contributed by atoms with Crippen molar-refractivity contribution in [2.45, 2.75) is 0 Å². The van der Waals surface area contributed by atoms with Crippen molar-refractivity contribution < 1.29 is 9.47 Å². The van der Waals surface area contributed by atoms with E-state index in [9.17, 15) is 0 Å². The third-order valence-corrected chi connectivity index (χ3v) is 2.91. The average Bonchev–Trinajstić information content (AvgIpc) is 2.39. The number of nitrogens with two attached hydrogens (primary N) is 1. The normalized spacial score (nSPS) is 10.2. The van der Waals surface area contributed by atoms with Gasteiger partial charge in [-0.05, 0) is 24.3 Å². The van der Waals surface area contributed by atoms with Crippen LogP contribution in [0.1, 0.15) is 0 Å². The molecule has 0 amide bonds. The number of pyridine rings is 1. The van der Waals surface area contributed by atoms with Crippen LogP contribution in [0.15, 0.2) is 30.5 Å². The van der Waals surface area contributed by atoms with Gasteiger partial charge in [-0.25, -0.2) is 0 Å². The minimum atomic E-state index is 0.427. The van der Waals surface area contributed by atoms with E-state index in [1.54, 1.807) is 32.5 Å². The average molecular weight is 265 g/mol. The Bertz CT molecular complexity index is 556. The fourth-order valence-corrected chi connectivity index (χ4v) is 1.98. The summed E-state index contributed by atoms with van der Waals surface area (Å²) in [7, 11) is 3.11. The molecule has 0 unspecified atom stereocenters. The van der Waals surface area contributed by atoms with Gasteiger partial charge in [0.2, 0.25) is 0 Å². The van der Waals surface area contributed by atoms with E-state index >= 15 is 0 Å². The van der Waals surface area contributed by atoms with Gasteiger partial charge in [-0.2, -0.15) is 0 Å². The summed E-state index contributed by atoms with van der Waals surface area (Å²) < 4.78 is 10.5. The topological polar surface area (TPSA) is 57.4 Å². The van der Waals surface area contributed by atoms with Crippen molar-refractivity contribution in [2.24, 2.45) is 0 Å². The van der Waals surface area contributed by atoms with Crippen LogP contribution in [-0.4, -0.2) is 19.2 Å². The van der Waals surface area contributed by atoms with Crippen molar-refractivity contribution in [3.05, 3.63) is 35.5 Å². The number of methoxy groups -OCH3 is 2. The quantitative estimate of drug-likeness (QED) is 0.926. The standard InChI is InChI=1S/C13H13ClN2O2/c1-17-11-6-4-9(13(18-2)12(11)14)10-5-3-8(15)7-16-10/h3-7H,15H2,1-2H3. The molecule has 1 aromatic carbocycles. The summed E-state index contributed by atoms with van der Waals surface area (Å²) >= 11 is 6.19. The number of ether oxygens (including phenoxy) is 2. The molecule has 0 fully saturated rings. The Morgan fingerprint density at radius 2 is 1.89 bits per heavy atom. The molecular formula is C13H13ClN2O2. The molecule has 5 heteroatoms. The molecule has 0 bridgehead atoms. The first-order valence-corrected chi connectivity index (χ1v) is 5.67. The number of aromatic nitrogens is 1. The van der Waals surface area contributed by atoms with Gasteiger partial charge in [-0.1, -0.05) is 11.6 Å². The van der Waals surface area contributed by atoms with E-state index < -0.39 is 0 Å². The molecule has 94 valence electrons. The number of hydrogen-bond acceptors (Lipinski definition) is 4. The van der Waals surface area contributed by atoms with Gasteiger partial charge in [-0.3, -0.25) is 4.98 Å². The van der Waals surface area contributed by atoms with Crippen molar-refractivity contribution in [1.29, 1.82) is 0 Å². The largest absolute Gasteiger partial charge is 0.495 e. The zero-order valence-electron chi connectivity index (χ0n) is 10.1. The third kappa shape index (κ3) is 2.19. The molecule has 2 N–H and O–H groups in total. The van der Waals surface area contributed by atoms with Gasteiger partial charge in [0.05, 0.1) is 31.8 Å². The Labute approximate surface area is 110 Å². The van der Waals surface area contributed by atoms with E-state index in [-0.39, 0.29) is 0 Å². The lowest BCUT2D eigenvalue weighted by Crippen LogP contribution is -1.94. The number of nitrogen functional groups attached to an aromatic ring is 1. The van der Waals surface area contributed by atoms with Crippen LogP contribution in [0.5, 0.6) is 11.5 Å². The van der Waals surface area contributed by atoms with Crippen LogP contribution in [-0.2, 0) is 0 Å². The number of halogens is 1. The molecule has 0 saturated carbocycles. The molecule has 0 radical (unpaired) electrons. The summed E-state index contributed by atoms with van der Waals surface area (Å²) in [4.78, 5) is 4.25. The maximum Gasteiger partial charge on any atom is 0.150 e. The summed E-state index contributed by atoms with van der Waals surface area (Å²) in [6.07, 6.45) is 1.59. The zero-order valence-corrected chi connectivity index (χ0v) is 10.9. The van der Waals surface area contributed by atoms with Crippen LogP contribution in [0.4, 0.5) is 5.69 Å². The van der Waals surface area contributed by atoms with E-state index in [4.69, 9.17) is 26.8 Å². The van der Waals surface area contributed by atoms with Gasteiger partial charge >= 0.3 is 0 Å². The fraction of sp³-hybridized carbons (Fsp3) is 0.154. The molecule has 0 spiro atoms. The van der Waals surface area contributed by atoms with Crippen LogP contribution in [0.3, 0.4) is 0 Å². The van der Waals surface area contributed by atoms with E-state index in [1.165, 1.54) is 0 Å². The van der Waals surface area contributed by atoms with Gasteiger partial charge < -0.3 is 15.2 Å². The SMILES string of the molecule is COc1ccc(-c2ccc(N)cn2)c(OC)c1Cl. The number of anilines is 1. The van der Waals surface area contributed by atoms with Crippen LogP contribution < -0.4 is 15.2 Å². The van der Waals surface area contributed by atoms with Gasteiger partial charge in [0.1, 0.15) is 10.8 Å². The Morgan fingerprint density at radius 1 is 1.11 bits per heavy atom. The molecule has 0 aliphatic rings. The number of nitrogens with zero attached hydrogens (tertiary/aromatic N) is 1. The first kappa shape index (κ1) is 12.5. The first-order valence-electron chi connectivity index (χ1n) is 5.29.